The maximum atomic E-state index is 11.8. The van der Waals surface area contributed by atoms with Gasteiger partial charge in [0.15, 0.2) is 0 Å². The Bertz CT molecular complexity index is 477. The van der Waals surface area contributed by atoms with Crippen molar-refractivity contribution in [3.05, 3.63) is 35.9 Å². The molecular formula is C17H25N3O. The van der Waals surface area contributed by atoms with Crippen molar-refractivity contribution in [2.24, 2.45) is 0 Å². The Kier molecular flexibility index (Phi) is 6.28. The minimum Gasteiger partial charge on any atom is -0.399 e. The first-order chi connectivity index (χ1) is 10.2. The highest BCUT2D eigenvalue weighted by atomic mass is 16.1. The number of benzene rings is 1. The fraction of sp³-hybridized carbons (Fsp3) is 0.471. The van der Waals surface area contributed by atoms with E-state index < -0.39 is 0 Å². The monoisotopic (exact) mass is 287 g/mol. The van der Waals surface area contributed by atoms with Crippen LogP contribution in [0.15, 0.2) is 30.3 Å². The number of nitrogens with two attached hydrogens (primary N) is 1. The Morgan fingerprint density at radius 2 is 2.00 bits per heavy atom. The van der Waals surface area contributed by atoms with E-state index >= 15 is 0 Å². The van der Waals surface area contributed by atoms with E-state index in [4.69, 9.17) is 5.73 Å². The van der Waals surface area contributed by atoms with E-state index in [1.165, 1.54) is 25.7 Å². The van der Waals surface area contributed by atoms with Crippen LogP contribution in [0.4, 0.5) is 5.69 Å². The normalized spacial score (nSPS) is 16.8. The molecule has 0 spiro atoms. The van der Waals surface area contributed by atoms with Crippen LogP contribution in [0, 0.1) is 0 Å². The molecule has 0 atom stereocenters. The SMILES string of the molecule is Nc1cccc(/C=C/C(=O)NCCN2CCCCCC2)c1. The Balaban J connectivity index is 1.69. The van der Waals surface area contributed by atoms with Gasteiger partial charge >= 0.3 is 0 Å². The summed E-state index contributed by atoms with van der Waals surface area (Å²) in [5.74, 6) is -0.0488. The van der Waals surface area contributed by atoms with Crippen molar-refractivity contribution in [3.8, 4) is 0 Å². The van der Waals surface area contributed by atoms with E-state index in [2.05, 4.69) is 10.2 Å². The van der Waals surface area contributed by atoms with Crippen molar-refractivity contribution in [2.45, 2.75) is 25.7 Å². The van der Waals surface area contributed by atoms with Gasteiger partial charge in [0.1, 0.15) is 0 Å². The predicted octanol–water partition coefficient (Wildman–Crippen LogP) is 2.27. The van der Waals surface area contributed by atoms with Gasteiger partial charge in [0.25, 0.3) is 0 Å². The Morgan fingerprint density at radius 1 is 1.24 bits per heavy atom. The number of likely N-dealkylation sites (tertiary alicyclic amines) is 1. The van der Waals surface area contributed by atoms with Crippen LogP contribution in [-0.2, 0) is 4.79 Å². The van der Waals surface area contributed by atoms with Crippen LogP contribution in [0.1, 0.15) is 31.2 Å². The molecule has 4 nitrogen and oxygen atoms in total. The topological polar surface area (TPSA) is 58.4 Å². The van der Waals surface area contributed by atoms with Crippen molar-refractivity contribution in [2.75, 3.05) is 31.9 Å². The summed E-state index contributed by atoms with van der Waals surface area (Å²) in [6, 6.07) is 7.49. The van der Waals surface area contributed by atoms with Crippen LogP contribution in [0.5, 0.6) is 0 Å². The molecule has 2 rings (SSSR count). The quantitative estimate of drug-likeness (QED) is 0.645. The smallest absolute Gasteiger partial charge is 0.244 e. The summed E-state index contributed by atoms with van der Waals surface area (Å²) in [6.45, 7) is 3.97. The van der Waals surface area contributed by atoms with Gasteiger partial charge in [0, 0.05) is 24.9 Å². The molecule has 1 aliphatic heterocycles. The molecule has 1 amide bonds. The highest BCUT2D eigenvalue weighted by molar-refractivity contribution is 5.91. The van der Waals surface area contributed by atoms with Gasteiger partial charge in [-0.3, -0.25) is 4.79 Å². The van der Waals surface area contributed by atoms with Gasteiger partial charge in [0.2, 0.25) is 5.91 Å². The number of hydrogen-bond donors (Lipinski definition) is 2. The summed E-state index contributed by atoms with van der Waals surface area (Å²) in [7, 11) is 0. The van der Waals surface area contributed by atoms with Gasteiger partial charge in [0.05, 0.1) is 0 Å². The average Bonchev–Trinajstić information content (AvgIpc) is 2.74. The maximum absolute atomic E-state index is 11.8. The number of nitrogens with zero attached hydrogens (tertiary/aromatic N) is 1. The number of nitrogen functional groups attached to an aromatic ring is 1. The lowest BCUT2D eigenvalue weighted by atomic mass is 10.2. The molecule has 0 saturated carbocycles. The lowest BCUT2D eigenvalue weighted by Gasteiger charge is -2.19. The third kappa shape index (κ3) is 6.00. The van der Waals surface area contributed by atoms with Crippen LogP contribution in [-0.4, -0.2) is 37.0 Å². The van der Waals surface area contributed by atoms with Gasteiger partial charge in [-0.15, -0.1) is 0 Å². The van der Waals surface area contributed by atoms with E-state index in [0.29, 0.717) is 12.2 Å². The van der Waals surface area contributed by atoms with E-state index in [1.807, 2.05) is 24.3 Å². The molecule has 4 heteroatoms. The highest BCUT2D eigenvalue weighted by Gasteiger charge is 2.08. The average molecular weight is 287 g/mol. The zero-order valence-electron chi connectivity index (χ0n) is 12.6. The van der Waals surface area contributed by atoms with Gasteiger partial charge in [-0.1, -0.05) is 25.0 Å². The van der Waals surface area contributed by atoms with Crippen molar-refractivity contribution in [1.29, 1.82) is 0 Å². The molecule has 0 unspecified atom stereocenters. The molecule has 21 heavy (non-hydrogen) atoms. The van der Waals surface area contributed by atoms with E-state index in [9.17, 15) is 4.79 Å². The van der Waals surface area contributed by atoms with Gasteiger partial charge in [-0.2, -0.15) is 0 Å². The zero-order valence-corrected chi connectivity index (χ0v) is 12.6. The largest absolute Gasteiger partial charge is 0.399 e. The second kappa shape index (κ2) is 8.47. The molecular weight excluding hydrogens is 262 g/mol. The summed E-state index contributed by atoms with van der Waals surface area (Å²) in [6.07, 6.45) is 8.60. The molecule has 1 heterocycles. The van der Waals surface area contributed by atoms with Crippen LogP contribution in [0.3, 0.4) is 0 Å². The second-order valence-electron chi connectivity index (χ2n) is 5.55. The standard InChI is InChI=1S/C17H25N3O/c18-16-7-5-6-15(14-16)8-9-17(21)19-10-13-20-11-3-1-2-4-12-20/h5-9,14H,1-4,10-13,18H2,(H,19,21)/b9-8+. The van der Waals surface area contributed by atoms with Crippen molar-refractivity contribution < 1.29 is 4.79 Å². The predicted molar refractivity (Wildman–Crippen MR) is 87.8 cm³/mol. The van der Waals surface area contributed by atoms with E-state index in [0.717, 1.165) is 25.2 Å². The molecule has 0 aliphatic carbocycles. The van der Waals surface area contributed by atoms with Crippen LogP contribution < -0.4 is 11.1 Å². The summed E-state index contributed by atoms with van der Waals surface area (Å²) < 4.78 is 0. The fourth-order valence-electron chi connectivity index (χ4n) is 2.59. The minimum absolute atomic E-state index is 0.0488. The van der Waals surface area contributed by atoms with Crippen molar-refractivity contribution >= 4 is 17.7 Å². The third-order valence-corrected chi connectivity index (χ3v) is 3.76. The first-order valence-electron chi connectivity index (χ1n) is 7.78. The molecule has 1 aliphatic rings. The van der Waals surface area contributed by atoms with Gasteiger partial charge < -0.3 is 16.0 Å². The first-order valence-corrected chi connectivity index (χ1v) is 7.78. The van der Waals surface area contributed by atoms with Crippen molar-refractivity contribution in [3.63, 3.8) is 0 Å². The first kappa shape index (κ1) is 15.6. The Morgan fingerprint density at radius 3 is 2.71 bits per heavy atom. The van der Waals surface area contributed by atoms with Crippen LogP contribution in [0.2, 0.25) is 0 Å². The lowest BCUT2D eigenvalue weighted by molar-refractivity contribution is -0.116. The molecule has 3 N–H and O–H groups in total. The molecule has 1 fully saturated rings. The van der Waals surface area contributed by atoms with Crippen LogP contribution in [0.25, 0.3) is 6.08 Å². The second-order valence-corrected chi connectivity index (χ2v) is 5.55. The van der Waals surface area contributed by atoms with Gasteiger partial charge in [-0.25, -0.2) is 0 Å². The molecule has 0 radical (unpaired) electrons. The number of nitrogens with one attached hydrogen (secondary N) is 1. The van der Waals surface area contributed by atoms with E-state index in [-0.39, 0.29) is 5.91 Å². The Labute approximate surface area is 127 Å². The number of rotatable bonds is 5. The zero-order chi connectivity index (χ0) is 14.9. The number of carbonyl (C=O) groups excluding carboxylic acids is 1. The third-order valence-electron chi connectivity index (χ3n) is 3.76. The molecule has 114 valence electrons. The number of hydrogen-bond acceptors (Lipinski definition) is 3. The number of amides is 1. The fourth-order valence-corrected chi connectivity index (χ4v) is 2.59. The minimum atomic E-state index is -0.0488. The summed E-state index contributed by atoms with van der Waals surface area (Å²) >= 11 is 0. The number of carbonyl (C=O) groups is 1. The number of anilines is 1. The molecule has 1 aromatic rings. The highest BCUT2D eigenvalue weighted by Crippen LogP contribution is 2.09. The van der Waals surface area contributed by atoms with Crippen molar-refractivity contribution in [1.82, 2.24) is 10.2 Å². The van der Waals surface area contributed by atoms with E-state index in [1.54, 1.807) is 12.2 Å². The van der Waals surface area contributed by atoms with Gasteiger partial charge in [-0.05, 0) is 49.7 Å². The Hall–Kier alpha value is -1.81. The molecule has 1 saturated heterocycles. The summed E-state index contributed by atoms with van der Waals surface area (Å²) in [5.41, 5.74) is 7.35. The summed E-state index contributed by atoms with van der Waals surface area (Å²) in [4.78, 5) is 14.2. The summed E-state index contributed by atoms with van der Waals surface area (Å²) in [5, 5.41) is 2.94. The lowest BCUT2D eigenvalue weighted by Crippen LogP contribution is -2.34. The molecule has 0 bridgehead atoms. The molecule has 1 aromatic carbocycles. The maximum Gasteiger partial charge on any atom is 0.244 e. The molecule has 0 aromatic heterocycles. The van der Waals surface area contributed by atoms with Crippen LogP contribution >= 0.6 is 0 Å².